The van der Waals surface area contributed by atoms with Crippen molar-refractivity contribution in [2.24, 2.45) is 5.41 Å². The van der Waals surface area contributed by atoms with E-state index in [1.165, 1.54) is 11.1 Å². The molecule has 4 amide bonds. The number of hydrogen-bond acceptors (Lipinski definition) is 19. The highest BCUT2D eigenvalue weighted by atomic mass is 35.5. The number of rotatable bonds is 31. The molecule has 2 aliphatic heterocycles. The molecule has 0 bridgehead atoms. The molecule has 3 atom stereocenters. The molecule has 5 N–H and O–H groups in total. The summed E-state index contributed by atoms with van der Waals surface area (Å²) in [6, 6.07) is 19.2. The summed E-state index contributed by atoms with van der Waals surface area (Å²) in [5.41, 5.74) is 6.28. The van der Waals surface area contributed by atoms with Gasteiger partial charge in [-0.1, -0.05) is 68.8 Å². The maximum absolute atomic E-state index is 14.0. The van der Waals surface area contributed by atoms with Crippen LogP contribution in [0.15, 0.2) is 78.4 Å². The van der Waals surface area contributed by atoms with Crippen LogP contribution < -0.4 is 36.2 Å². The van der Waals surface area contributed by atoms with Crippen molar-refractivity contribution < 1.29 is 57.3 Å². The molecule has 456 valence electrons. The van der Waals surface area contributed by atoms with Crippen molar-refractivity contribution in [3.8, 4) is 16.2 Å². The fourth-order valence-electron chi connectivity index (χ4n) is 9.48. The molecular formula is C59H80ClN10O12PS. The first kappa shape index (κ1) is 65.3. The lowest BCUT2D eigenvalue weighted by molar-refractivity contribution is -0.144. The number of amides is 4. The summed E-state index contributed by atoms with van der Waals surface area (Å²) in [4.78, 5) is 73.3. The molecule has 3 aromatic carbocycles. The van der Waals surface area contributed by atoms with Crippen molar-refractivity contribution in [1.82, 2.24) is 35.4 Å². The maximum atomic E-state index is 14.0. The summed E-state index contributed by atoms with van der Waals surface area (Å²) in [6.45, 7) is 16.8. The fraction of sp³-hybridized carbons (Fsp3) is 0.508. The van der Waals surface area contributed by atoms with Gasteiger partial charge in [0.25, 0.3) is 0 Å². The number of piperazine rings is 1. The number of carbonyl (C=O) groups excluding carboxylic acids is 4. The van der Waals surface area contributed by atoms with Crippen molar-refractivity contribution in [2.45, 2.75) is 71.7 Å². The third-order valence-electron chi connectivity index (χ3n) is 14.0. The van der Waals surface area contributed by atoms with Crippen LogP contribution in [0.25, 0.3) is 10.4 Å². The average Bonchev–Trinajstić information content (AvgIpc) is 4.29. The van der Waals surface area contributed by atoms with Gasteiger partial charge in [-0.05, 0) is 61.1 Å². The van der Waals surface area contributed by atoms with E-state index in [9.17, 15) is 28.8 Å². The maximum Gasteiger partial charge on any atom is 0.246 e. The van der Waals surface area contributed by atoms with Crippen LogP contribution in [0, 0.1) is 12.3 Å². The second-order valence-corrected chi connectivity index (χ2v) is 26.2. The van der Waals surface area contributed by atoms with Gasteiger partial charge < -0.3 is 74.1 Å². The zero-order chi connectivity index (χ0) is 60.2. The summed E-state index contributed by atoms with van der Waals surface area (Å²) in [5, 5.41) is 23.8. The lowest BCUT2D eigenvalue weighted by Gasteiger charge is -2.36. The predicted molar refractivity (Wildman–Crippen MR) is 326 cm³/mol. The van der Waals surface area contributed by atoms with Gasteiger partial charge in [0, 0.05) is 69.2 Å². The minimum absolute atomic E-state index is 0.0132. The highest BCUT2D eigenvalue weighted by molar-refractivity contribution is 7.70. The third-order valence-corrected chi connectivity index (χ3v) is 16.8. The smallest absolute Gasteiger partial charge is 0.246 e. The largest absolute Gasteiger partial charge is 0.494 e. The van der Waals surface area contributed by atoms with Gasteiger partial charge in [-0.3, -0.25) is 19.2 Å². The molecule has 25 heteroatoms. The Labute approximate surface area is 501 Å². The van der Waals surface area contributed by atoms with E-state index >= 15 is 0 Å². The number of carbonyl (C=O) groups is 4. The molecule has 84 heavy (non-hydrogen) atoms. The zero-order valence-electron chi connectivity index (χ0n) is 49.0. The molecule has 4 heterocycles. The van der Waals surface area contributed by atoms with E-state index in [4.69, 9.17) is 40.0 Å². The molecule has 2 aliphatic rings. The van der Waals surface area contributed by atoms with Crippen molar-refractivity contribution >= 4 is 87.8 Å². The SMILES string of the molecule is COc1cc(N2CCN(C(=O)CCOCCOCCOCCOCCOCCC(=O)NC(C(=O)N3C[C@H](O)C[C@H]3C(=O)NCc3ccc(-c4scnc4C)cc3)C(C)(C)C)CC2)ccc1Nc1ncc(Cl)c(Nc2ccccc2P(C)(C)=O)n1. The number of aliphatic hydroxyl groups is 1. The molecular weight excluding hydrogens is 1140 g/mol. The van der Waals surface area contributed by atoms with Gasteiger partial charge in [0.2, 0.25) is 29.6 Å². The Bertz CT molecular complexity index is 3010. The second-order valence-electron chi connectivity index (χ2n) is 21.8. The number of nitrogens with one attached hydrogen (secondary N) is 4. The molecule has 0 aliphatic carbocycles. The first-order valence-corrected chi connectivity index (χ1v) is 32.0. The van der Waals surface area contributed by atoms with E-state index in [2.05, 4.69) is 41.1 Å². The summed E-state index contributed by atoms with van der Waals surface area (Å²) in [5.74, 6) is 0.103. The van der Waals surface area contributed by atoms with Crippen molar-refractivity contribution in [3.63, 3.8) is 0 Å². The van der Waals surface area contributed by atoms with E-state index in [0.29, 0.717) is 118 Å². The normalized spacial score (nSPS) is 15.9. The minimum atomic E-state index is -2.58. The zero-order valence-corrected chi connectivity index (χ0v) is 51.5. The van der Waals surface area contributed by atoms with Gasteiger partial charge >= 0.3 is 0 Å². The Morgan fingerprint density at radius 3 is 2.05 bits per heavy atom. The van der Waals surface area contributed by atoms with E-state index in [1.807, 2.05) is 105 Å². The van der Waals surface area contributed by atoms with E-state index < -0.39 is 36.7 Å². The minimum Gasteiger partial charge on any atom is -0.494 e. The van der Waals surface area contributed by atoms with Gasteiger partial charge in [0.15, 0.2) is 5.82 Å². The number of aryl methyl sites for hydroxylation is 1. The summed E-state index contributed by atoms with van der Waals surface area (Å²) in [6.07, 6.45) is 1.01. The number of para-hydroxylation sites is 1. The number of methoxy groups -OCH3 is 1. The number of ether oxygens (including phenoxy) is 6. The van der Waals surface area contributed by atoms with Crippen LogP contribution in [-0.2, 0) is 54.0 Å². The van der Waals surface area contributed by atoms with Gasteiger partial charge in [0.05, 0.1) is 119 Å². The quantitative estimate of drug-likeness (QED) is 0.0231. The van der Waals surface area contributed by atoms with Crippen LogP contribution in [0.2, 0.25) is 5.02 Å². The number of halogens is 1. The second kappa shape index (κ2) is 31.7. The number of likely N-dealkylation sites (tertiary alicyclic amines) is 1. The summed E-state index contributed by atoms with van der Waals surface area (Å²) >= 11 is 8.03. The first-order chi connectivity index (χ1) is 40.3. The lowest BCUT2D eigenvalue weighted by atomic mass is 9.85. The van der Waals surface area contributed by atoms with Gasteiger partial charge in [-0.2, -0.15) is 4.98 Å². The number of hydrogen-bond donors (Lipinski definition) is 5. The number of β-amino-alcohol motifs (C(OH)–C–C–N with tert-alkyl or cyclic N) is 1. The van der Waals surface area contributed by atoms with Crippen LogP contribution in [0.1, 0.15) is 51.3 Å². The van der Waals surface area contributed by atoms with E-state index in [1.54, 1.807) is 31.8 Å². The highest BCUT2D eigenvalue weighted by Gasteiger charge is 2.44. The van der Waals surface area contributed by atoms with Crippen LogP contribution in [0.5, 0.6) is 5.75 Å². The standard InChI is InChI=1S/C59H80ClN10O12PS/c1-40-53(84-39-63-40)42-14-12-41(13-15-42)36-61-56(74)48-35-44(71)38-70(48)57(75)54(59(2,3)4)66-51(72)18-24-78-26-28-80-30-32-82-33-31-81-29-27-79-25-19-52(73)69-22-20-68(21-23-69)43-16-17-46(49(34-43)77-5)65-58-62-37-45(60)55(67-58)64-47-10-8-9-11-50(47)83(6,7)76/h8-17,34,37,39,44,48,54,71H,18-33,35-36,38H2,1-7H3,(H,61,74)(H,66,72)(H2,62,64,65,67)/t44-,48+,54?/m1/s1. The number of aliphatic hydroxyl groups excluding tert-OH is 1. The molecule has 0 saturated carbocycles. The Morgan fingerprint density at radius 2 is 1.44 bits per heavy atom. The number of benzene rings is 3. The van der Waals surface area contributed by atoms with Gasteiger partial charge in [-0.15, -0.1) is 11.3 Å². The third kappa shape index (κ3) is 19.4. The Kier molecular flexibility index (Phi) is 24.7. The Hall–Kier alpha value is -6.27. The van der Waals surface area contributed by atoms with E-state index in [0.717, 1.165) is 27.4 Å². The monoisotopic (exact) mass is 1220 g/mol. The Balaban J connectivity index is 0.685. The molecule has 2 fully saturated rings. The molecule has 22 nitrogen and oxygen atoms in total. The number of anilines is 5. The number of thiazole rings is 1. The number of aromatic nitrogens is 3. The fourth-order valence-corrected chi connectivity index (χ4v) is 11.6. The lowest BCUT2D eigenvalue weighted by Crippen LogP contribution is -2.57. The molecule has 2 saturated heterocycles. The van der Waals surface area contributed by atoms with Crippen molar-refractivity contribution in [2.75, 3.05) is 135 Å². The Morgan fingerprint density at radius 1 is 0.810 bits per heavy atom. The molecule has 7 rings (SSSR count). The molecule has 2 aromatic heterocycles. The van der Waals surface area contributed by atoms with Crippen molar-refractivity contribution in [1.29, 1.82) is 0 Å². The van der Waals surface area contributed by atoms with Crippen LogP contribution >= 0.6 is 30.1 Å². The first-order valence-electron chi connectivity index (χ1n) is 28.1. The van der Waals surface area contributed by atoms with Gasteiger partial charge in [0.1, 0.15) is 30.0 Å². The average molecular weight is 1220 g/mol. The number of nitrogens with zero attached hydrogens (tertiary/aromatic N) is 6. The van der Waals surface area contributed by atoms with Crippen LogP contribution in [-0.4, -0.2) is 191 Å². The van der Waals surface area contributed by atoms with Gasteiger partial charge in [-0.25, -0.2) is 9.97 Å². The molecule has 5 aromatic rings. The van der Waals surface area contributed by atoms with E-state index in [-0.39, 0.29) is 63.3 Å². The molecule has 1 unspecified atom stereocenters. The van der Waals surface area contributed by atoms with Crippen LogP contribution in [0.3, 0.4) is 0 Å². The topological polar surface area (TPSA) is 257 Å². The summed E-state index contributed by atoms with van der Waals surface area (Å²) in [7, 11) is -0.985. The van der Waals surface area contributed by atoms with Crippen LogP contribution in [0.4, 0.5) is 28.8 Å². The highest BCUT2D eigenvalue weighted by Crippen LogP contribution is 2.39. The molecule has 0 spiro atoms. The predicted octanol–water partition coefficient (Wildman–Crippen LogP) is 6.63. The summed E-state index contributed by atoms with van der Waals surface area (Å²) < 4.78 is 46.7. The molecule has 0 radical (unpaired) electrons. The van der Waals surface area contributed by atoms with Crippen molar-refractivity contribution in [3.05, 3.63) is 94.7 Å².